The van der Waals surface area contributed by atoms with E-state index in [9.17, 15) is 13.2 Å². The molecule has 0 aliphatic carbocycles. The third kappa shape index (κ3) is 6.52. The van der Waals surface area contributed by atoms with Gasteiger partial charge in [-0.3, -0.25) is 4.90 Å². The number of nitrogens with one attached hydrogen (secondary N) is 1. The van der Waals surface area contributed by atoms with Gasteiger partial charge in [-0.1, -0.05) is 6.92 Å². The number of hydrogen-bond donors (Lipinski definition) is 1. The normalized spacial score (nSPS) is 18.9. The molecule has 1 aliphatic rings. The Morgan fingerprint density at radius 1 is 1.24 bits per heavy atom. The van der Waals surface area contributed by atoms with Crippen molar-refractivity contribution in [1.82, 2.24) is 10.2 Å². The molecule has 0 amide bonds. The molecule has 1 saturated heterocycles. The van der Waals surface area contributed by atoms with Crippen molar-refractivity contribution in [1.29, 1.82) is 0 Å². The zero-order valence-corrected chi connectivity index (χ0v) is 11.0. The molecule has 0 aromatic carbocycles. The highest BCUT2D eigenvalue weighted by atomic mass is 32.2. The smallest absolute Gasteiger partial charge is 0.317 e. The molecule has 0 unspecified atom stereocenters. The molecule has 0 bridgehead atoms. The number of halogens is 3. The molecule has 0 aromatic heterocycles. The zero-order chi connectivity index (χ0) is 12.7. The first-order chi connectivity index (χ1) is 8.03. The van der Waals surface area contributed by atoms with Gasteiger partial charge in [0.15, 0.2) is 0 Å². The lowest BCUT2D eigenvalue weighted by atomic mass is 10.0. The fraction of sp³-hybridized carbons (Fsp3) is 1.00. The molecule has 1 rings (SSSR count). The average Bonchev–Trinajstić information content (AvgIpc) is 2.27. The van der Waals surface area contributed by atoms with Gasteiger partial charge in [-0.25, -0.2) is 0 Å². The molecule has 1 N–H and O–H groups in total. The van der Waals surface area contributed by atoms with Crippen LogP contribution in [0.5, 0.6) is 0 Å². The average molecular weight is 270 g/mol. The first-order valence-electron chi connectivity index (χ1n) is 6.18. The summed E-state index contributed by atoms with van der Waals surface area (Å²) in [5, 5.41) is 3.28. The Labute approximate surface area is 105 Å². The third-order valence-electron chi connectivity index (χ3n) is 2.98. The molecule has 0 radical (unpaired) electrons. The fourth-order valence-corrected chi connectivity index (χ4v) is 2.77. The number of alkyl halides is 3. The summed E-state index contributed by atoms with van der Waals surface area (Å²) in [6.07, 6.45) is 3.11. The quantitative estimate of drug-likeness (QED) is 0.799. The fourth-order valence-electron chi connectivity index (χ4n) is 2.21. The zero-order valence-electron chi connectivity index (χ0n) is 10.2. The molecule has 0 spiro atoms. The Morgan fingerprint density at radius 2 is 1.88 bits per heavy atom. The minimum Gasteiger partial charge on any atom is -0.317 e. The second kappa shape index (κ2) is 7.48. The summed E-state index contributed by atoms with van der Waals surface area (Å²) >= 11 is 0.0945. The number of rotatable bonds is 6. The molecule has 6 heteroatoms. The Bertz CT molecular complexity index is 205. The molecule has 1 aliphatic heterocycles. The lowest BCUT2D eigenvalue weighted by molar-refractivity contribution is -0.0329. The molecule has 0 saturated carbocycles. The highest BCUT2D eigenvalue weighted by molar-refractivity contribution is 8.00. The van der Waals surface area contributed by atoms with E-state index >= 15 is 0 Å². The highest BCUT2D eigenvalue weighted by Crippen LogP contribution is 2.30. The molecule has 102 valence electrons. The standard InChI is InChI=1S/C11H21F3N2S/c1-2-7-16(8-9-17-11(12,13)14)10-3-5-15-6-4-10/h10,15H,2-9H2,1H3. The van der Waals surface area contributed by atoms with Crippen LogP contribution in [0.15, 0.2) is 0 Å². The second-order valence-electron chi connectivity index (χ2n) is 4.31. The van der Waals surface area contributed by atoms with E-state index in [0.29, 0.717) is 12.6 Å². The topological polar surface area (TPSA) is 15.3 Å². The summed E-state index contributed by atoms with van der Waals surface area (Å²) in [5.41, 5.74) is -4.09. The van der Waals surface area contributed by atoms with E-state index in [1.165, 1.54) is 0 Å². The van der Waals surface area contributed by atoms with Gasteiger partial charge >= 0.3 is 5.51 Å². The van der Waals surface area contributed by atoms with Crippen LogP contribution in [0.4, 0.5) is 13.2 Å². The Balaban J connectivity index is 2.31. The summed E-state index contributed by atoms with van der Waals surface area (Å²) in [7, 11) is 0. The summed E-state index contributed by atoms with van der Waals surface area (Å²) in [6, 6.07) is 0.463. The Hall–Kier alpha value is 0.0600. The van der Waals surface area contributed by atoms with Gasteiger partial charge in [-0.2, -0.15) is 13.2 Å². The molecular formula is C11H21F3N2S. The molecule has 17 heavy (non-hydrogen) atoms. The highest BCUT2D eigenvalue weighted by Gasteiger charge is 2.28. The molecule has 2 nitrogen and oxygen atoms in total. The molecule has 0 aromatic rings. The van der Waals surface area contributed by atoms with Crippen LogP contribution in [-0.4, -0.2) is 48.4 Å². The van der Waals surface area contributed by atoms with Crippen molar-refractivity contribution in [3.63, 3.8) is 0 Å². The van der Waals surface area contributed by atoms with Crippen molar-refractivity contribution in [3.8, 4) is 0 Å². The molecule has 0 atom stereocenters. The minimum atomic E-state index is -4.09. The van der Waals surface area contributed by atoms with E-state index in [0.717, 1.165) is 38.9 Å². The van der Waals surface area contributed by atoms with E-state index in [-0.39, 0.29) is 17.5 Å². The predicted molar refractivity (Wildman–Crippen MR) is 66.3 cm³/mol. The van der Waals surface area contributed by atoms with Crippen molar-refractivity contribution >= 4 is 11.8 Å². The van der Waals surface area contributed by atoms with E-state index in [4.69, 9.17) is 0 Å². The van der Waals surface area contributed by atoms with Gasteiger partial charge < -0.3 is 5.32 Å². The van der Waals surface area contributed by atoms with Crippen molar-refractivity contribution in [2.75, 3.05) is 31.9 Å². The number of piperidine rings is 1. The maximum atomic E-state index is 12.1. The third-order valence-corrected chi connectivity index (χ3v) is 3.69. The van der Waals surface area contributed by atoms with Crippen LogP contribution >= 0.6 is 11.8 Å². The van der Waals surface area contributed by atoms with Gasteiger partial charge in [0.05, 0.1) is 0 Å². The first kappa shape index (κ1) is 15.1. The largest absolute Gasteiger partial charge is 0.441 e. The van der Waals surface area contributed by atoms with E-state index in [1.807, 2.05) is 0 Å². The van der Waals surface area contributed by atoms with Crippen LogP contribution in [0, 0.1) is 0 Å². The first-order valence-corrected chi connectivity index (χ1v) is 7.17. The predicted octanol–water partition coefficient (Wildman–Crippen LogP) is 2.70. The van der Waals surface area contributed by atoms with Crippen LogP contribution in [0.3, 0.4) is 0 Å². The molecular weight excluding hydrogens is 249 g/mol. The maximum Gasteiger partial charge on any atom is 0.441 e. The Kier molecular flexibility index (Phi) is 6.66. The van der Waals surface area contributed by atoms with Crippen molar-refractivity contribution in [3.05, 3.63) is 0 Å². The van der Waals surface area contributed by atoms with Crippen LogP contribution in [0.1, 0.15) is 26.2 Å². The summed E-state index contributed by atoms with van der Waals surface area (Å²) < 4.78 is 36.2. The molecule has 1 fully saturated rings. The maximum absolute atomic E-state index is 12.1. The van der Waals surface area contributed by atoms with Gasteiger partial charge in [0.1, 0.15) is 0 Å². The van der Waals surface area contributed by atoms with Gasteiger partial charge in [0.25, 0.3) is 0 Å². The van der Waals surface area contributed by atoms with Crippen molar-refractivity contribution in [2.45, 2.75) is 37.7 Å². The summed E-state index contributed by atoms with van der Waals surface area (Å²) in [6.45, 7) is 5.49. The van der Waals surface area contributed by atoms with Gasteiger partial charge in [0.2, 0.25) is 0 Å². The lowest BCUT2D eigenvalue weighted by Gasteiger charge is -2.34. The van der Waals surface area contributed by atoms with E-state index < -0.39 is 5.51 Å². The Morgan fingerprint density at radius 3 is 2.41 bits per heavy atom. The second-order valence-corrected chi connectivity index (χ2v) is 5.47. The minimum absolute atomic E-state index is 0.0945. The van der Waals surface area contributed by atoms with Crippen LogP contribution in [0.2, 0.25) is 0 Å². The lowest BCUT2D eigenvalue weighted by Crippen LogP contribution is -2.44. The van der Waals surface area contributed by atoms with Crippen LogP contribution < -0.4 is 5.32 Å². The molecule has 1 heterocycles. The van der Waals surface area contributed by atoms with Gasteiger partial charge in [0, 0.05) is 18.3 Å². The summed E-state index contributed by atoms with van der Waals surface area (Å²) in [5.74, 6) is 0.146. The van der Waals surface area contributed by atoms with Crippen LogP contribution in [0.25, 0.3) is 0 Å². The number of thioether (sulfide) groups is 1. The number of nitrogens with zero attached hydrogens (tertiary/aromatic N) is 1. The van der Waals surface area contributed by atoms with Crippen molar-refractivity contribution < 1.29 is 13.2 Å². The van der Waals surface area contributed by atoms with Gasteiger partial charge in [-0.05, 0) is 50.7 Å². The van der Waals surface area contributed by atoms with E-state index in [1.54, 1.807) is 0 Å². The SMILES string of the molecule is CCCN(CCSC(F)(F)F)C1CCNCC1. The van der Waals surface area contributed by atoms with E-state index in [2.05, 4.69) is 17.1 Å². The monoisotopic (exact) mass is 270 g/mol. The van der Waals surface area contributed by atoms with Gasteiger partial charge in [-0.15, -0.1) is 0 Å². The van der Waals surface area contributed by atoms with Crippen LogP contribution in [-0.2, 0) is 0 Å². The van der Waals surface area contributed by atoms with Crippen molar-refractivity contribution in [2.24, 2.45) is 0 Å². The summed E-state index contributed by atoms with van der Waals surface area (Å²) in [4.78, 5) is 2.22. The number of hydrogen-bond acceptors (Lipinski definition) is 3.